The molecule has 0 amide bonds. The molecule has 1 aromatic carbocycles. The Morgan fingerprint density at radius 1 is 1.41 bits per heavy atom. The third kappa shape index (κ3) is 2.85. The standard InChI is InChI=1S/C14H20FNO/c1-3-14(12-6-4-5-7-13(12)15)16-10-8-11(9-10)17-2/h4-7,10-11,14,16H,3,8-9H2,1-2H3. The minimum Gasteiger partial charge on any atom is -0.381 e. The van der Waals surface area contributed by atoms with E-state index in [1.807, 2.05) is 12.1 Å². The summed E-state index contributed by atoms with van der Waals surface area (Å²) in [7, 11) is 1.75. The fourth-order valence-electron chi connectivity index (χ4n) is 2.36. The maximum atomic E-state index is 13.7. The fraction of sp³-hybridized carbons (Fsp3) is 0.571. The van der Waals surface area contributed by atoms with Gasteiger partial charge in [0.15, 0.2) is 0 Å². The van der Waals surface area contributed by atoms with E-state index in [0.29, 0.717) is 12.1 Å². The maximum absolute atomic E-state index is 13.7. The first-order chi connectivity index (χ1) is 8.24. The van der Waals surface area contributed by atoms with Crippen LogP contribution in [0.3, 0.4) is 0 Å². The topological polar surface area (TPSA) is 21.3 Å². The molecule has 2 nitrogen and oxygen atoms in total. The number of rotatable bonds is 5. The molecule has 0 radical (unpaired) electrons. The third-order valence-electron chi connectivity index (χ3n) is 3.55. The van der Waals surface area contributed by atoms with E-state index in [9.17, 15) is 4.39 Å². The van der Waals surface area contributed by atoms with Crippen molar-refractivity contribution in [1.29, 1.82) is 0 Å². The fourth-order valence-corrected chi connectivity index (χ4v) is 2.36. The zero-order chi connectivity index (χ0) is 12.3. The van der Waals surface area contributed by atoms with Gasteiger partial charge in [-0.2, -0.15) is 0 Å². The van der Waals surface area contributed by atoms with Crippen LogP contribution < -0.4 is 5.32 Å². The number of nitrogens with one attached hydrogen (secondary N) is 1. The Morgan fingerprint density at radius 2 is 2.12 bits per heavy atom. The lowest BCUT2D eigenvalue weighted by Crippen LogP contribution is -2.46. The first-order valence-electron chi connectivity index (χ1n) is 6.27. The van der Waals surface area contributed by atoms with Gasteiger partial charge in [-0.1, -0.05) is 25.1 Å². The lowest BCUT2D eigenvalue weighted by molar-refractivity contribution is 0.0138. The van der Waals surface area contributed by atoms with Crippen molar-refractivity contribution < 1.29 is 9.13 Å². The predicted molar refractivity (Wildman–Crippen MR) is 66.4 cm³/mol. The summed E-state index contributed by atoms with van der Waals surface area (Å²) < 4.78 is 18.9. The Hall–Kier alpha value is -0.930. The Bertz CT molecular complexity index is 363. The van der Waals surface area contributed by atoms with Crippen molar-refractivity contribution in [2.45, 2.75) is 44.4 Å². The molecule has 0 aromatic heterocycles. The molecule has 0 saturated heterocycles. The largest absolute Gasteiger partial charge is 0.381 e. The van der Waals surface area contributed by atoms with Crippen LogP contribution in [-0.2, 0) is 4.74 Å². The van der Waals surface area contributed by atoms with Crippen molar-refractivity contribution in [3.8, 4) is 0 Å². The summed E-state index contributed by atoms with van der Waals surface area (Å²) in [6.07, 6.45) is 3.34. The van der Waals surface area contributed by atoms with Crippen LogP contribution in [0.1, 0.15) is 37.8 Å². The van der Waals surface area contributed by atoms with Crippen LogP contribution in [-0.4, -0.2) is 19.3 Å². The zero-order valence-electron chi connectivity index (χ0n) is 10.4. The second-order valence-electron chi connectivity index (χ2n) is 4.68. The predicted octanol–water partition coefficient (Wildman–Crippen LogP) is 3.04. The maximum Gasteiger partial charge on any atom is 0.127 e. The van der Waals surface area contributed by atoms with Gasteiger partial charge in [-0.15, -0.1) is 0 Å². The van der Waals surface area contributed by atoms with Gasteiger partial charge >= 0.3 is 0 Å². The van der Waals surface area contributed by atoms with E-state index in [2.05, 4.69) is 12.2 Å². The second kappa shape index (κ2) is 5.61. The van der Waals surface area contributed by atoms with Gasteiger partial charge in [0, 0.05) is 24.8 Å². The number of benzene rings is 1. The van der Waals surface area contributed by atoms with Gasteiger partial charge in [0.05, 0.1) is 6.10 Å². The van der Waals surface area contributed by atoms with Gasteiger partial charge in [0.25, 0.3) is 0 Å². The summed E-state index contributed by atoms with van der Waals surface area (Å²) in [5, 5.41) is 3.50. The van der Waals surface area contributed by atoms with Gasteiger partial charge in [-0.3, -0.25) is 0 Å². The molecular formula is C14H20FNO. The third-order valence-corrected chi connectivity index (χ3v) is 3.55. The van der Waals surface area contributed by atoms with Gasteiger partial charge in [0.2, 0.25) is 0 Å². The van der Waals surface area contributed by atoms with Crippen LogP contribution >= 0.6 is 0 Å². The minimum absolute atomic E-state index is 0.110. The van der Waals surface area contributed by atoms with Crippen LogP contribution in [0.2, 0.25) is 0 Å². The normalized spacial score (nSPS) is 25.4. The van der Waals surface area contributed by atoms with Crippen LogP contribution in [0.15, 0.2) is 24.3 Å². The van der Waals surface area contributed by atoms with Crippen LogP contribution in [0, 0.1) is 5.82 Å². The Morgan fingerprint density at radius 3 is 2.71 bits per heavy atom. The van der Waals surface area contributed by atoms with E-state index in [4.69, 9.17) is 4.74 Å². The summed E-state index contributed by atoms with van der Waals surface area (Å²) in [6, 6.07) is 7.59. The molecule has 1 saturated carbocycles. The van der Waals surface area contributed by atoms with Crippen molar-refractivity contribution >= 4 is 0 Å². The van der Waals surface area contributed by atoms with Crippen molar-refractivity contribution in [3.05, 3.63) is 35.6 Å². The average molecular weight is 237 g/mol. The summed E-state index contributed by atoms with van der Waals surface area (Å²) >= 11 is 0. The molecule has 1 unspecified atom stereocenters. The van der Waals surface area contributed by atoms with Crippen molar-refractivity contribution in [1.82, 2.24) is 5.32 Å². The minimum atomic E-state index is -0.116. The van der Waals surface area contributed by atoms with Gasteiger partial charge in [0.1, 0.15) is 5.82 Å². The van der Waals surface area contributed by atoms with E-state index in [1.165, 1.54) is 6.07 Å². The smallest absolute Gasteiger partial charge is 0.127 e. The molecule has 0 heterocycles. The molecule has 1 N–H and O–H groups in total. The van der Waals surface area contributed by atoms with Crippen molar-refractivity contribution in [2.24, 2.45) is 0 Å². The first kappa shape index (κ1) is 12.5. The molecule has 0 aliphatic heterocycles. The highest BCUT2D eigenvalue weighted by atomic mass is 19.1. The van der Waals surface area contributed by atoms with E-state index in [1.54, 1.807) is 13.2 Å². The molecule has 3 heteroatoms. The number of ether oxygens (including phenoxy) is 1. The van der Waals surface area contributed by atoms with E-state index in [0.717, 1.165) is 24.8 Å². The SMILES string of the molecule is CCC(NC1CC(OC)C1)c1ccccc1F. The Kier molecular flexibility index (Phi) is 4.13. The van der Waals surface area contributed by atoms with Crippen LogP contribution in [0.5, 0.6) is 0 Å². The lowest BCUT2D eigenvalue weighted by Gasteiger charge is -2.37. The van der Waals surface area contributed by atoms with E-state index >= 15 is 0 Å². The van der Waals surface area contributed by atoms with Crippen LogP contribution in [0.25, 0.3) is 0 Å². The van der Waals surface area contributed by atoms with Crippen molar-refractivity contribution in [3.63, 3.8) is 0 Å². The number of halogens is 1. The molecule has 0 spiro atoms. The highest BCUT2D eigenvalue weighted by Crippen LogP contribution is 2.27. The Balaban J connectivity index is 1.96. The lowest BCUT2D eigenvalue weighted by atomic mass is 9.87. The average Bonchev–Trinajstić information content (AvgIpc) is 2.29. The van der Waals surface area contributed by atoms with E-state index in [-0.39, 0.29) is 11.9 Å². The molecule has 1 fully saturated rings. The van der Waals surface area contributed by atoms with Crippen molar-refractivity contribution in [2.75, 3.05) is 7.11 Å². The number of hydrogen-bond donors (Lipinski definition) is 1. The molecular weight excluding hydrogens is 217 g/mol. The molecule has 2 rings (SSSR count). The van der Waals surface area contributed by atoms with Gasteiger partial charge in [-0.05, 0) is 25.3 Å². The first-order valence-corrected chi connectivity index (χ1v) is 6.27. The molecule has 1 atom stereocenters. The molecule has 1 aliphatic rings. The zero-order valence-corrected chi connectivity index (χ0v) is 10.4. The van der Waals surface area contributed by atoms with Gasteiger partial charge < -0.3 is 10.1 Å². The highest BCUT2D eigenvalue weighted by Gasteiger charge is 2.30. The summed E-state index contributed by atoms with van der Waals surface area (Å²) in [5.41, 5.74) is 0.774. The van der Waals surface area contributed by atoms with E-state index < -0.39 is 0 Å². The second-order valence-corrected chi connectivity index (χ2v) is 4.68. The molecule has 1 aromatic rings. The monoisotopic (exact) mass is 237 g/mol. The quantitative estimate of drug-likeness (QED) is 0.850. The molecule has 94 valence electrons. The summed E-state index contributed by atoms with van der Waals surface area (Å²) in [5.74, 6) is -0.116. The Labute approximate surface area is 102 Å². The van der Waals surface area contributed by atoms with Crippen LogP contribution in [0.4, 0.5) is 4.39 Å². The number of hydrogen-bond acceptors (Lipinski definition) is 2. The molecule has 17 heavy (non-hydrogen) atoms. The summed E-state index contributed by atoms with van der Waals surface area (Å²) in [6.45, 7) is 2.08. The number of methoxy groups -OCH3 is 1. The molecule has 1 aliphatic carbocycles. The highest BCUT2D eigenvalue weighted by molar-refractivity contribution is 5.21. The molecule has 0 bridgehead atoms. The summed E-state index contributed by atoms with van der Waals surface area (Å²) in [4.78, 5) is 0. The van der Waals surface area contributed by atoms with Gasteiger partial charge in [-0.25, -0.2) is 4.39 Å².